The zero-order chi connectivity index (χ0) is 16.3. The van der Waals surface area contributed by atoms with Crippen molar-refractivity contribution >= 4 is 23.4 Å². The largest absolute Gasteiger partial charge is 0.457 e. The van der Waals surface area contributed by atoms with Gasteiger partial charge in [0, 0.05) is 10.7 Å². The lowest BCUT2D eigenvalue weighted by Crippen LogP contribution is -2.26. The Bertz CT molecular complexity index is 678. The van der Waals surface area contributed by atoms with E-state index in [9.17, 15) is 9.59 Å². The normalized spacial score (nSPS) is 16.2. The first-order chi connectivity index (χ1) is 10.4. The molecule has 0 bridgehead atoms. The summed E-state index contributed by atoms with van der Waals surface area (Å²) in [4.78, 5) is 24.1. The van der Waals surface area contributed by atoms with Crippen molar-refractivity contribution in [2.75, 3.05) is 6.61 Å². The van der Waals surface area contributed by atoms with Crippen LogP contribution >= 0.6 is 11.6 Å². The van der Waals surface area contributed by atoms with Gasteiger partial charge < -0.3 is 10.5 Å². The molecule has 2 N–H and O–H groups in total. The van der Waals surface area contributed by atoms with Gasteiger partial charge in [0.2, 0.25) is 5.78 Å². The summed E-state index contributed by atoms with van der Waals surface area (Å²) in [7, 11) is 0. The number of carbonyl (C=O) groups is 2. The number of ether oxygens (including phenoxy) is 1. The van der Waals surface area contributed by atoms with Gasteiger partial charge in [0.1, 0.15) is 11.6 Å². The first-order valence-electron chi connectivity index (χ1n) is 6.73. The highest BCUT2D eigenvalue weighted by Gasteiger charge is 2.52. The average Bonchev–Trinajstić information content (AvgIpc) is 3.27. The minimum absolute atomic E-state index is 0.113. The standard InChI is InChI=1S/C16H15ClN2O3/c1-10(19)13(8-18)14(20)9-22-15(21)16(6-7-16)11-2-4-12(17)5-3-11/h2-5H,6-7,9,19H2,1H3/b13-10-. The molecule has 0 radical (unpaired) electrons. The highest BCUT2D eigenvalue weighted by Crippen LogP contribution is 2.49. The third kappa shape index (κ3) is 3.12. The van der Waals surface area contributed by atoms with Crippen molar-refractivity contribution < 1.29 is 14.3 Å². The van der Waals surface area contributed by atoms with Gasteiger partial charge in [-0.2, -0.15) is 5.26 Å². The van der Waals surface area contributed by atoms with E-state index in [1.807, 2.05) is 0 Å². The molecular weight excluding hydrogens is 304 g/mol. The Morgan fingerprint density at radius 2 is 1.95 bits per heavy atom. The van der Waals surface area contributed by atoms with E-state index in [1.54, 1.807) is 30.3 Å². The minimum atomic E-state index is -0.695. The van der Waals surface area contributed by atoms with Gasteiger partial charge in [-0.15, -0.1) is 0 Å². The van der Waals surface area contributed by atoms with Crippen LogP contribution in [-0.4, -0.2) is 18.4 Å². The molecule has 0 aromatic heterocycles. The van der Waals surface area contributed by atoms with Gasteiger partial charge >= 0.3 is 5.97 Å². The van der Waals surface area contributed by atoms with E-state index in [0.29, 0.717) is 17.9 Å². The van der Waals surface area contributed by atoms with Gasteiger partial charge in [-0.05, 0) is 37.5 Å². The number of allylic oxidation sites excluding steroid dienone is 1. The van der Waals surface area contributed by atoms with Crippen molar-refractivity contribution in [3.05, 3.63) is 46.1 Å². The van der Waals surface area contributed by atoms with Crippen LogP contribution in [-0.2, 0) is 19.7 Å². The van der Waals surface area contributed by atoms with E-state index < -0.39 is 23.8 Å². The van der Waals surface area contributed by atoms with E-state index in [1.165, 1.54) is 6.92 Å². The zero-order valence-corrected chi connectivity index (χ0v) is 12.8. The number of halogens is 1. The molecule has 2 rings (SSSR count). The molecule has 0 heterocycles. The predicted molar refractivity (Wildman–Crippen MR) is 80.8 cm³/mol. The van der Waals surface area contributed by atoms with Gasteiger partial charge in [-0.3, -0.25) is 9.59 Å². The number of Topliss-reactive ketones (excluding diaryl/α,β-unsaturated/α-hetero) is 1. The summed E-state index contributed by atoms with van der Waals surface area (Å²) >= 11 is 5.84. The lowest BCUT2D eigenvalue weighted by molar-refractivity contribution is -0.149. The number of esters is 1. The fourth-order valence-electron chi connectivity index (χ4n) is 2.22. The first-order valence-corrected chi connectivity index (χ1v) is 7.11. The molecule has 22 heavy (non-hydrogen) atoms. The van der Waals surface area contributed by atoms with E-state index in [-0.39, 0.29) is 11.3 Å². The Hall–Kier alpha value is -2.32. The Labute approximate surface area is 133 Å². The summed E-state index contributed by atoms with van der Waals surface area (Å²) in [6.07, 6.45) is 1.33. The van der Waals surface area contributed by atoms with Crippen molar-refractivity contribution in [3.8, 4) is 6.07 Å². The van der Waals surface area contributed by atoms with Gasteiger partial charge in [0.15, 0.2) is 6.61 Å². The first kappa shape index (κ1) is 16.1. The molecule has 0 aliphatic heterocycles. The Kier molecular flexibility index (Phi) is 4.53. The SMILES string of the molecule is C/C(N)=C(\C#N)C(=O)COC(=O)C1(c2ccc(Cl)cc2)CC1. The topological polar surface area (TPSA) is 93.2 Å². The number of hydrogen-bond donors (Lipinski definition) is 1. The lowest BCUT2D eigenvalue weighted by Gasteiger charge is -2.14. The molecule has 1 fully saturated rings. The molecule has 0 amide bonds. The Balaban J connectivity index is 2.04. The summed E-state index contributed by atoms with van der Waals surface area (Å²) < 4.78 is 5.09. The number of nitriles is 1. The summed E-state index contributed by atoms with van der Waals surface area (Å²) in [5.74, 6) is -1.06. The van der Waals surface area contributed by atoms with Crippen LogP contribution in [0.15, 0.2) is 35.5 Å². The smallest absolute Gasteiger partial charge is 0.317 e. The van der Waals surface area contributed by atoms with E-state index in [4.69, 9.17) is 27.3 Å². The van der Waals surface area contributed by atoms with E-state index in [0.717, 1.165) is 5.56 Å². The molecule has 1 aromatic rings. The number of ketones is 1. The molecule has 1 aromatic carbocycles. The fraction of sp³-hybridized carbons (Fsp3) is 0.312. The fourth-order valence-corrected chi connectivity index (χ4v) is 2.34. The zero-order valence-electron chi connectivity index (χ0n) is 12.1. The molecule has 1 saturated carbocycles. The van der Waals surface area contributed by atoms with Crippen molar-refractivity contribution in [2.45, 2.75) is 25.2 Å². The molecule has 5 nitrogen and oxygen atoms in total. The van der Waals surface area contributed by atoms with Gasteiger partial charge in [0.05, 0.1) is 5.41 Å². The molecule has 0 unspecified atom stereocenters. The summed E-state index contributed by atoms with van der Waals surface area (Å²) in [5.41, 5.74) is 5.50. The number of hydrogen-bond acceptors (Lipinski definition) is 5. The molecule has 1 aliphatic rings. The molecule has 0 spiro atoms. The minimum Gasteiger partial charge on any atom is -0.457 e. The summed E-state index contributed by atoms with van der Waals surface area (Å²) in [6.45, 7) is 0.972. The monoisotopic (exact) mass is 318 g/mol. The Morgan fingerprint density at radius 3 is 2.41 bits per heavy atom. The molecule has 0 saturated heterocycles. The van der Waals surface area contributed by atoms with Crippen LogP contribution < -0.4 is 5.73 Å². The number of rotatable bonds is 5. The molecule has 114 valence electrons. The van der Waals surface area contributed by atoms with Crippen LogP contribution in [0.4, 0.5) is 0 Å². The molecule has 1 aliphatic carbocycles. The van der Waals surface area contributed by atoms with Crippen LogP contribution in [0.1, 0.15) is 25.3 Å². The molecule has 6 heteroatoms. The van der Waals surface area contributed by atoms with Crippen LogP contribution in [0, 0.1) is 11.3 Å². The van der Waals surface area contributed by atoms with Gasteiger partial charge in [-0.1, -0.05) is 23.7 Å². The third-order valence-corrected chi connectivity index (χ3v) is 3.91. The average molecular weight is 319 g/mol. The molecule has 0 atom stereocenters. The van der Waals surface area contributed by atoms with Crippen LogP contribution in [0.2, 0.25) is 5.02 Å². The van der Waals surface area contributed by atoms with E-state index in [2.05, 4.69) is 0 Å². The second-order valence-electron chi connectivity index (χ2n) is 5.26. The van der Waals surface area contributed by atoms with E-state index >= 15 is 0 Å². The van der Waals surface area contributed by atoms with Crippen molar-refractivity contribution in [3.63, 3.8) is 0 Å². The maximum atomic E-state index is 12.3. The maximum absolute atomic E-state index is 12.3. The maximum Gasteiger partial charge on any atom is 0.317 e. The van der Waals surface area contributed by atoms with Crippen molar-refractivity contribution in [2.24, 2.45) is 5.73 Å². The van der Waals surface area contributed by atoms with Crippen LogP contribution in [0.25, 0.3) is 0 Å². The quantitative estimate of drug-likeness (QED) is 0.510. The summed E-state index contributed by atoms with van der Waals surface area (Å²) in [6, 6.07) is 8.70. The van der Waals surface area contributed by atoms with Crippen LogP contribution in [0.5, 0.6) is 0 Å². The predicted octanol–water partition coefficient (Wildman–Crippen LogP) is 2.24. The second kappa shape index (κ2) is 6.20. The van der Waals surface area contributed by atoms with Crippen LogP contribution in [0.3, 0.4) is 0 Å². The number of nitrogens with two attached hydrogens (primary N) is 1. The second-order valence-corrected chi connectivity index (χ2v) is 5.69. The number of nitrogens with zero attached hydrogens (tertiary/aromatic N) is 1. The summed E-state index contributed by atoms with van der Waals surface area (Å²) in [5, 5.41) is 9.43. The highest BCUT2D eigenvalue weighted by molar-refractivity contribution is 6.30. The Morgan fingerprint density at radius 1 is 1.36 bits per heavy atom. The third-order valence-electron chi connectivity index (χ3n) is 3.66. The number of benzene rings is 1. The lowest BCUT2D eigenvalue weighted by atomic mass is 9.96. The highest BCUT2D eigenvalue weighted by atomic mass is 35.5. The van der Waals surface area contributed by atoms with Crippen molar-refractivity contribution in [1.82, 2.24) is 0 Å². The number of carbonyl (C=O) groups excluding carboxylic acids is 2. The van der Waals surface area contributed by atoms with Gasteiger partial charge in [-0.25, -0.2) is 0 Å². The van der Waals surface area contributed by atoms with Gasteiger partial charge in [0.25, 0.3) is 0 Å². The van der Waals surface area contributed by atoms with Crippen molar-refractivity contribution in [1.29, 1.82) is 5.26 Å². The molecular formula is C16H15ClN2O3.